The smallest absolute Gasteiger partial charge is 0.254 e. The van der Waals surface area contributed by atoms with Gasteiger partial charge in [-0.15, -0.1) is 0 Å². The molecule has 2 atom stereocenters. The molecule has 33 heavy (non-hydrogen) atoms. The molecule has 2 fully saturated rings. The van der Waals surface area contributed by atoms with Gasteiger partial charge in [-0.1, -0.05) is 25.0 Å². The fourth-order valence-electron chi connectivity index (χ4n) is 4.70. The predicted octanol–water partition coefficient (Wildman–Crippen LogP) is 3.01. The van der Waals surface area contributed by atoms with Crippen molar-refractivity contribution in [3.8, 4) is 5.75 Å². The number of nitrogens with one attached hydrogen (secondary N) is 1. The van der Waals surface area contributed by atoms with E-state index in [4.69, 9.17) is 19.2 Å². The molecular formula is C25H36N4O4. The molecule has 8 heteroatoms. The minimum atomic E-state index is -0.106. The van der Waals surface area contributed by atoms with E-state index in [0.29, 0.717) is 25.8 Å². The molecule has 2 unspecified atom stereocenters. The van der Waals surface area contributed by atoms with Crippen molar-refractivity contribution in [1.82, 2.24) is 9.97 Å². The molecule has 1 aromatic heterocycles. The Labute approximate surface area is 195 Å². The molecule has 0 bridgehead atoms. The van der Waals surface area contributed by atoms with Crippen LogP contribution in [0.1, 0.15) is 38.2 Å². The van der Waals surface area contributed by atoms with Crippen LogP contribution in [-0.4, -0.2) is 68.7 Å². The molecule has 2 aliphatic rings. The number of methoxy groups -OCH3 is 1. The average molecular weight is 457 g/mol. The van der Waals surface area contributed by atoms with Crippen LogP contribution in [0.5, 0.6) is 5.75 Å². The number of aromatic nitrogens is 2. The van der Waals surface area contributed by atoms with Crippen LogP contribution in [0.25, 0.3) is 0 Å². The molecule has 180 valence electrons. The quantitative estimate of drug-likeness (QED) is 0.612. The van der Waals surface area contributed by atoms with Gasteiger partial charge < -0.3 is 24.0 Å². The van der Waals surface area contributed by atoms with Gasteiger partial charge in [-0.25, -0.2) is 0 Å². The molecule has 0 spiro atoms. The van der Waals surface area contributed by atoms with Gasteiger partial charge in [0.25, 0.3) is 5.56 Å². The summed E-state index contributed by atoms with van der Waals surface area (Å²) in [5, 5.41) is 0. The maximum absolute atomic E-state index is 12.6. The molecule has 0 saturated carbocycles. The molecular weight excluding hydrogens is 420 g/mol. The second-order valence-electron chi connectivity index (χ2n) is 8.94. The summed E-state index contributed by atoms with van der Waals surface area (Å²) in [6, 6.07) is 10.2. The standard InChI is InChI=1S/C25H36N4O4/c1-19-18-28(11-12-32-19)23-17-24(30)27-25(26-23)29-10-5-3-4-8-21(29)15-20-7-6-9-22(16-20)33-14-13-31-2/h6-7,9,16-17,19,21H,3-5,8,10-15,18H2,1-2H3,(H,26,27,30). The van der Waals surface area contributed by atoms with E-state index in [-0.39, 0.29) is 17.7 Å². The summed E-state index contributed by atoms with van der Waals surface area (Å²) in [5.41, 5.74) is 1.12. The molecule has 0 aliphatic carbocycles. The number of anilines is 2. The number of ether oxygens (including phenoxy) is 3. The molecule has 2 aromatic rings. The molecule has 1 aromatic carbocycles. The molecule has 2 saturated heterocycles. The first-order valence-corrected chi connectivity index (χ1v) is 12.1. The van der Waals surface area contributed by atoms with Crippen molar-refractivity contribution in [2.24, 2.45) is 0 Å². The van der Waals surface area contributed by atoms with Crippen LogP contribution in [0.3, 0.4) is 0 Å². The Balaban J connectivity index is 1.54. The predicted molar refractivity (Wildman–Crippen MR) is 130 cm³/mol. The van der Waals surface area contributed by atoms with Gasteiger partial charge in [0, 0.05) is 38.9 Å². The molecule has 1 N–H and O–H groups in total. The van der Waals surface area contributed by atoms with Crippen molar-refractivity contribution in [1.29, 1.82) is 0 Å². The number of hydrogen-bond acceptors (Lipinski definition) is 7. The van der Waals surface area contributed by atoms with Crippen molar-refractivity contribution in [2.75, 3.05) is 56.4 Å². The van der Waals surface area contributed by atoms with Crippen LogP contribution in [-0.2, 0) is 15.9 Å². The zero-order chi connectivity index (χ0) is 23.0. The van der Waals surface area contributed by atoms with Crippen LogP contribution in [0.2, 0.25) is 0 Å². The monoisotopic (exact) mass is 456 g/mol. The van der Waals surface area contributed by atoms with Gasteiger partial charge in [0.05, 0.1) is 19.3 Å². The average Bonchev–Trinajstić information content (AvgIpc) is 3.05. The topological polar surface area (TPSA) is 79.9 Å². The van der Waals surface area contributed by atoms with Crippen LogP contribution in [0.4, 0.5) is 11.8 Å². The van der Waals surface area contributed by atoms with Gasteiger partial charge in [-0.3, -0.25) is 9.78 Å². The third-order valence-corrected chi connectivity index (χ3v) is 6.36. The van der Waals surface area contributed by atoms with Gasteiger partial charge >= 0.3 is 0 Å². The number of rotatable bonds is 8. The maximum atomic E-state index is 12.6. The first-order valence-electron chi connectivity index (χ1n) is 12.1. The lowest BCUT2D eigenvalue weighted by molar-refractivity contribution is 0.0529. The summed E-state index contributed by atoms with van der Waals surface area (Å²) in [5.74, 6) is 2.27. The van der Waals surface area contributed by atoms with Crippen molar-refractivity contribution in [3.63, 3.8) is 0 Å². The molecule has 8 nitrogen and oxygen atoms in total. The zero-order valence-electron chi connectivity index (χ0n) is 19.8. The van der Waals surface area contributed by atoms with Gasteiger partial charge in [0.15, 0.2) is 0 Å². The second kappa shape index (κ2) is 11.5. The summed E-state index contributed by atoms with van der Waals surface area (Å²) in [6.07, 6.45) is 5.54. The fraction of sp³-hybridized carbons (Fsp3) is 0.600. The van der Waals surface area contributed by atoms with Crippen molar-refractivity contribution >= 4 is 11.8 Å². The van der Waals surface area contributed by atoms with E-state index in [2.05, 4.69) is 33.8 Å². The number of morpholine rings is 1. The number of H-pyrrole nitrogens is 1. The van der Waals surface area contributed by atoms with Crippen molar-refractivity contribution in [2.45, 2.75) is 51.2 Å². The summed E-state index contributed by atoms with van der Waals surface area (Å²) in [4.78, 5) is 25.0. The van der Waals surface area contributed by atoms with E-state index >= 15 is 0 Å². The Kier molecular flexibility index (Phi) is 8.23. The highest BCUT2D eigenvalue weighted by Gasteiger charge is 2.25. The number of hydrogen-bond donors (Lipinski definition) is 1. The lowest BCUT2D eigenvalue weighted by atomic mass is 10.0. The van der Waals surface area contributed by atoms with Crippen LogP contribution in [0, 0.1) is 0 Å². The fourth-order valence-corrected chi connectivity index (χ4v) is 4.70. The Morgan fingerprint density at radius 2 is 2.09 bits per heavy atom. The summed E-state index contributed by atoms with van der Waals surface area (Å²) >= 11 is 0. The van der Waals surface area contributed by atoms with Gasteiger partial charge in [0.1, 0.15) is 18.2 Å². The van der Waals surface area contributed by atoms with Gasteiger partial charge in [-0.05, 0) is 43.9 Å². The third kappa shape index (κ3) is 6.48. The van der Waals surface area contributed by atoms with Gasteiger partial charge in [-0.2, -0.15) is 4.98 Å². The lowest BCUT2D eigenvalue weighted by Crippen LogP contribution is -2.43. The van der Waals surface area contributed by atoms with E-state index in [0.717, 1.165) is 50.5 Å². The maximum Gasteiger partial charge on any atom is 0.254 e. The highest BCUT2D eigenvalue weighted by Crippen LogP contribution is 2.26. The normalized spacial score (nSPS) is 21.6. The lowest BCUT2D eigenvalue weighted by Gasteiger charge is -2.34. The highest BCUT2D eigenvalue weighted by molar-refractivity contribution is 5.45. The van der Waals surface area contributed by atoms with Crippen molar-refractivity contribution < 1.29 is 14.2 Å². The molecule has 3 heterocycles. The molecule has 4 rings (SSSR count). The minimum absolute atomic E-state index is 0.106. The van der Waals surface area contributed by atoms with Crippen LogP contribution < -0.4 is 20.1 Å². The zero-order valence-corrected chi connectivity index (χ0v) is 19.8. The van der Waals surface area contributed by atoms with Crippen LogP contribution >= 0.6 is 0 Å². The van der Waals surface area contributed by atoms with Crippen LogP contribution in [0.15, 0.2) is 35.1 Å². The summed E-state index contributed by atoms with van der Waals surface area (Å²) in [7, 11) is 1.67. The van der Waals surface area contributed by atoms with E-state index < -0.39 is 0 Å². The Bertz CT molecular complexity index is 950. The number of aromatic amines is 1. The Morgan fingerprint density at radius 3 is 2.94 bits per heavy atom. The first kappa shape index (κ1) is 23.6. The Morgan fingerprint density at radius 1 is 1.18 bits per heavy atom. The van der Waals surface area contributed by atoms with E-state index in [1.54, 1.807) is 13.2 Å². The van der Waals surface area contributed by atoms with Gasteiger partial charge in [0.2, 0.25) is 5.95 Å². The van der Waals surface area contributed by atoms with E-state index in [1.807, 2.05) is 12.1 Å². The molecule has 0 radical (unpaired) electrons. The third-order valence-electron chi connectivity index (χ3n) is 6.36. The highest BCUT2D eigenvalue weighted by atomic mass is 16.5. The second-order valence-corrected chi connectivity index (χ2v) is 8.94. The van der Waals surface area contributed by atoms with E-state index in [1.165, 1.54) is 18.4 Å². The Hall–Kier alpha value is -2.58. The number of benzene rings is 1. The SMILES string of the molecule is COCCOc1cccc(CC2CCCCCN2c2nc(N3CCOC(C)C3)cc(=O)[nH]2)c1. The first-order chi connectivity index (χ1) is 16.1. The van der Waals surface area contributed by atoms with E-state index in [9.17, 15) is 4.79 Å². The largest absolute Gasteiger partial charge is 0.491 e. The minimum Gasteiger partial charge on any atom is -0.491 e. The van der Waals surface area contributed by atoms with Crippen molar-refractivity contribution in [3.05, 3.63) is 46.2 Å². The number of nitrogens with zero attached hydrogens (tertiary/aromatic N) is 3. The summed E-state index contributed by atoms with van der Waals surface area (Å²) in [6.45, 7) is 6.19. The summed E-state index contributed by atoms with van der Waals surface area (Å²) < 4.78 is 16.6. The molecule has 0 amide bonds. The molecule has 2 aliphatic heterocycles.